The average Bonchev–Trinajstić information content (AvgIpc) is 2.97. The Labute approximate surface area is 162 Å². The Bertz CT molecular complexity index is 869. The van der Waals surface area contributed by atoms with Crippen molar-refractivity contribution in [2.24, 2.45) is 0 Å². The quantitative estimate of drug-likeness (QED) is 0.589. The molecule has 1 atom stereocenters. The van der Waals surface area contributed by atoms with Crippen molar-refractivity contribution in [2.75, 3.05) is 13.7 Å². The number of rotatable bonds is 6. The molecule has 0 saturated heterocycles. The standard InChI is InChI=1S/C20H19BO7/c1-25-19(22)12-18-16-10-9-15(11-17(16)21(24)28-18)26-13-20(23)27-14-7-5-3-2-4-6-8-14/h2-11,18,24H,12-13H2,1H3/b3-2-,4-2?,5-3?,6-4-,7-5-,8-6?,14-7?,14-8+. The Morgan fingerprint density at radius 1 is 1.14 bits per heavy atom. The molecule has 1 N–H and O–H groups in total. The molecule has 1 unspecified atom stereocenters. The highest BCUT2D eigenvalue weighted by Gasteiger charge is 2.36. The Balaban J connectivity index is 1.59. The molecular weight excluding hydrogens is 363 g/mol. The third-order valence-corrected chi connectivity index (χ3v) is 4.10. The second-order valence-corrected chi connectivity index (χ2v) is 6.01. The smallest absolute Gasteiger partial charge is 0.482 e. The van der Waals surface area contributed by atoms with Gasteiger partial charge in [-0.1, -0.05) is 36.4 Å². The highest BCUT2D eigenvalue weighted by molar-refractivity contribution is 6.61. The molecule has 0 fully saturated rings. The zero-order valence-electron chi connectivity index (χ0n) is 15.2. The normalized spacial score (nSPS) is 22.7. The summed E-state index contributed by atoms with van der Waals surface area (Å²) >= 11 is 0. The highest BCUT2D eigenvalue weighted by atomic mass is 16.6. The molecule has 3 rings (SSSR count). The van der Waals surface area contributed by atoms with Crippen molar-refractivity contribution in [3.63, 3.8) is 0 Å². The minimum atomic E-state index is -1.18. The molecule has 1 aliphatic carbocycles. The maximum atomic E-state index is 12.0. The number of hydrogen-bond acceptors (Lipinski definition) is 7. The number of carbonyl (C=O) groups excluding carboxylic acids is 2. The second kappa shape index (κ2) is 9.21. The molecule has 7 nitrogen and oxygen atoms in total. The van der Waals surface area contributed by atoms with Crippen LogP contribution in [0.2, 0.25) is 0 Å². The van der Waals surface area contributed by atoms with Gasteiger partial charge in [-0.3, -0.25) is 4.79 Å². The number of benzene rings is 1. The summed E-state index contributed by atoms with van der Waals surface area (Å²) in [5.41, 5.74) is 1.17. The summed E-state index contributed by atoms with van der Waals surface area (Å²) in [7, 11) is 0.116. The van der Waals surface area contributed by atoms with E-state index in [1.165, 1.54) is 7.11 Å². The third kappa shape index (κ3) is 5.00. The number of carbonyl (C=O) groups is 2. The van der Waals surface area contributed by atoms with E-state index in [-0.39, 0.29) is 13.0 Å². The van der Waals surface area contributed by atoms with Gasteiger partial charge in [0.05, 0.1) is 19.6 Å². The van der Waals surface area contributed by atoms with E-state index in [1.807, 2.05) is 18.2 Å². The summed E-state index contributed by atoms with van der Waals surface area (Å²) in [6.07, 6.45) is 11.8. The Hall–Kier alpha value is -3.10. The Kier molecular flexibility index (Phi) is 6.47. The molecule has 8 heteroatoms. The molecule has 0 spiro atoms. The van der Waals surface area contributed by atoms with E-state index in [0.29, 0.717) is 22.5 Å². The van der Waals surface area contributed by atoms with Crippen LogP contribution < -0.4 is 10.2 Å². The molecular formula is C20H19BO7. The van der Waals surface area contributed by atoms with E-state index in [4.69, 9.17) is 14.1 Å². The van der Waals surface area contributed by atoms with Gasteiger partial charge < -0.3 is 23.9 Å². The van der Waals surface area contributed by atoms with Gasteiger partial charge in [-0.25, -0.2) is 4.79 Å². The van der Waals surface area contributed by atoms with Crippen molar-refractivity contribution >= 4 is 24.5 Å². The minimum absolute atomic E-state index is 0.000641. The fraction of sp³-hybridized carbons (Fsp3) is 0.200. The maximum Gasteiger partial charge on any atom is 0.492 e. The fourth-order valence-electron chi connectivity index (χ4n) is 2.76. The van der Waals surface area contributed by atoms with Crippen molar-refractivity contribution in [2.45, 2.75) is 12.5 Å². The summed E-state index contributed by atoms with van der Waals surface area (Å²) in [5, 5.41) is 10.1. The largest absolute Gasteiger partial charge is 0.492 e. The van der Waals surface area contributed by atoms with Gasteiger partial charge in [-0.2, -0.15) is 0 Å². The van der Waals surface area contributed by atoms with Crippen molar-refractivity contribution < 1.29 is 33.5 Å². The van der Waals surface area contributed by atoms with Gasteiger partial charge in [-0.15, -0.1) is 0 Å². The van der Waals surface area contributed by atoms with Crippen molar-refractivity contribution in [3.05, 3.63) is 72.1 Å². The van der Waals surface area contributed by atoms with Crippen LogP contribution in [0.25, 0.3) is 0 Å². The summed E-state index contributed by atoms with van der Waals surface area (Å²) in [6, 6.07) is 4.91. The SMILES string of the molecule is COC(=O)CC1OB(O)c2cc(OCC(=O)OC3=C/C=C\C=C/C=C\3)ccc21. The zero-order chi connectivity index (χ0) is 19.9. The van der Waals surface area contributed by atoms with E-state index >= 15 is 0 Å². The first-order valence-electron chi connectivity index (χ1n) is 8.66. The molecule has 144 valence electrons. The second-order valence-electron chi connectivity index (χ2n) is 6.01. The van der Waals surface area contributed by atoms with E-state index < -0.39 is 25.2 Å². The molecule has 0 aromatic heterocycles. The monoisotopic (exact) mass is 382 g/mol. The molecule has 1 aromatic rings. The van der Waals surface area contributed by atoms with Crippen molar-refractivity contribution in [1.82, 2.24) is 0 Å². The van der Waals surface area contributed by atoms with Crippen LogP contribution in [-0.4, -0.2) is 37.8 Å². The predicted molar refractivity (Wildman–Crippen MR) is 102 cm³/mol. The summed E-state index contributed by atoms with van der Waals surface area (Å²) in [4.78, 5) is 23.5. The summed E-state index contributed by atoms with van der Waals surface area (Å²) in [6.45, 7) is -0.300. The van der Waals surface area contributed by atoms with Crippen LogP contribution in [-0.2, 0) is 23.7 Å². The predicted octanol–water partition coefficient (Wildman–Crippen LogP) is 1.50. The van der Waals surface area contributed by atoms with Gasteiger partial charge in [0.1, 0.15) is 11.5 Å². The van der Waals surface area contributed by atoms with Crippen LogP contribution in [0.5, 0.6) is 5.75 Å². The first kappa shape index (κ1) is 19.7. The zero-order valence-corrected chi connectivity index (χ0v) is 15.2. The van der Waals surface area contributed by atoms with E-state index in [1.54, 1.807) is 42.5 Å². The van der Waals surface area contributed by atoms with Gasteiger partial charge in [-0.05, 0) is 35.3 Å². The molecule has 0 saturated carbocycles. The molecule has 2 aliphatic rings. The highest BCUT2D eigenvalue weighted by Crippen LogP contribution is 2.28. The van der Waals surface area contributed by atoms with Crippen LogP contribution in [0.3, 0.4) is 0 Å². The van der Waals surface area contributed by atoms with E-state index in [2.05, 4.69) is 4.74 Å². The number of esters is 2. The molecule has 0 amide bonds. The van der Waals surface area contributed by atoms with Crippen LogP contribution >= 0.6 is 0 Å². The van der Waals surface area contributed by atoms with Crippen LogP contribution in [0.1, 0.15) is 18.1 Å². The van der Waals surface area contributed by atoms with E-state index in [9.17, 15) is 14.6 Å². The maximum absolute atomic E-state index is 12.0. The number of hydrogen-bond donors (Lipinski definition) is 1. The van der Waals surface area contributed by atoms with Crippen LogP contribution in [0, 0.1) is 0 Å². The van der Waals surface area contributed by atoms with Crippen LogP contribution in [0.4, 0.5) is 0 Å². The van der Waals surface area contributed by atoms with Crippen molar-refractivity contribution in [3.8, 4) is 5.75 Å². The molecule has 1 aromatic carbocycles. The minimum Gasteiger partial charge on any atom is -0.482 e. The fourth-order valence-corrected chi connectivity index (χ4v) is 2.76. The van der Waals surface area contributed by atoms with Crippen LogP contribution in [0.15, 0.2) is 66.5 Å². The number of fused-ring (bicyclic) bond motifs is 1. The van der Waals surface area contributed by atoms with Gasteiger partial charge in [0.15, 0.2) is 6.61 Å². The molecule has 28 heavy (non-hydrogen) atoms. The Morgan fingerprint density at radius 3 is 2.75 bits per heavy atom. The molecule has 0 bridgehead atoms. The van der Waals surface area contributed by atoms with E-state index in [0.717, 1.165) is 0 Å². The summed E-state index contributed by atoms with van der Waals surface area (Å²) < 4.78 is 20.7. The molecule has 1 aliphatic heterocycles. The lowest BCUT2D eigenvalue weighted by Crippen LogP contribution is -2.28. The molecule has 0 radical (unpaired) electrons. The topological polar surface area (TPSA) is 91.3 Å². The first-order valence-corrected chi connectivity index (χ1v) is 8.66. The lowest BCUT2D eigenvalue weighted by molar-refractivity contribution is -0.143. The van der Waals surface area contributed by atoms with Gasteiger partial charge in [0, 0.05) is 0 Å². The number of methoxy groups -OCH3 is 1. The lowest BCUT2D eigenvalue weighted by atomic mass is 9.79. The molecule has 1 heterocycles. The average molecular weight is 382 g/mol. The van der Waals surface area contributed by atoms with Gasteiger partial charge in [0.25, 0.3) is 0 Å². The van der Waals surface area contributed by atoms with Gasteiger partial charge in [0.2, 0.25) is 0 Å². The first-order chi connectivity index (χ1) is 13.6. The van der Waals surface area contributed by atoms with Crippen molar-refractivity contribution in [1.29, 1.82) is 0 Å². The summed E-state index contributed by atoms with van der Waals surface area (Å²) in [5.74, 6) is -0.217. The number of allylic oxidation sites excluding steroid dienone is 7. The third-order valence-electron chi connectivity index (χ3n) is 4.10. The van der Waals surface area contributed by atoms with Gasteiger partial charge >= 0.3 is 19.1 Å². The lowest BCUT2D eigenvalue weighted by Gasteiger charge is -2.11. The Morgan fingerprint density at radius 2 is 1.93 bits per heavy atom. The number of ether oxygens (including phenoxy) is 3.